The van der Waals surface area contributed by atoms with Crippen molar-refractivity contribution in [1.29, 1.82) is 0 Å². The first kappa shape index (κ1) is 12.3. The molecule has 17 heavy (non-hydrogen) atoms. The van der Waals surface area contributed by atoms with Gasteiger partial charge in [-0.15, -0.1) is 11.3 Å². The average molecular weight is 246 g/mol. The summed E-state index contributed by atoms with van der Waals surface area (Å²) in [4.78, 5) is 4.67. The molecule has 0 atom stereocenters. The molecule has 0 aliphatic carbocycles. The number of aromatic nitrogens is 1. The van der Waals surface area contributed by atoms with E-state index in [1.54, 1.807) is 11.3 Å². The van der Waals surface area contributed by atoms with E-state index in [-0.39, 0.29) is 0 Å². The van der Waals surface area contributed by atoms with Crippen molar-refractivity contribution in [2.75, 3.05) is 13.6 Å². The Morgan fingerprint density at radius 1 is 1.24 bits per heavy atom. The Kier molecular flexibility index (Phi) is 3.92. The lowest BCUT2D eigenvalue weighted by atomic mass is 10.1. The summed E-state index contributed by atoms with van der Waals surface area (Å²) < 4.78 is 0. The maximum atomic E-state index is 4.67. The van der Waals surface area contributed by atoms with Crippen LogP contribution < -0.4 is 5.32 Å². The van der Waals surface area contributed by atoms with Crippen molar-refractivity contribution < 1.29 is 0 Å². The summed E-state index contributed by atoms with van der Waals surface area (Å²) in [6.45, 7) is 5.27. The molecule has 1 aromatic carbocycles. The maximum Gasteiger partial charge on any atom is 0.0945 e. The van der Waals surface area contributed by atoms with E-state index in [0.29, 0.717) is 0 Å². The van der Waals surface area contributed by atoms with E-state index < -0.39 is 0 Å². The van der Waals surface area contributed by atoms with Crippen molar-refractivity contribution in [3.63, 3.8) is 0 Å². The van der Waals surface area contributed by atoms with Crippen molar-refractivity contribution in [2.45, 2.75) is 20.3 Å². The summed E-state index contributed by atoms with van der Waals surface area (Å²) in [5, 5.41) is 6.50. The van der Waals surface area contributed by atoms with Gasteiger partial charge in [0.05, 0.1) is 10.7 Å². The molecule has 0 bridgehead atoms. The first-order valence-electron chi connectivity index (χ1n) is 5.87. The van der Waals surface area contributed by atoms with Gasteiger partial charge in [-0.1, -0.05) is 12.1 Å². The Bertz CT molecular complexity index is 503. The highest BCUT2D eigenvalue weighted by atomic mass is 32.1. The molecular formula is C14H18N2S. The summed E-state index contributed by atoms with van der Waals surface area (Å²) in [6, 6.07) is 6.53. The maximum absolute atomic E-state index is 4.67. The zero-order chi connectivity index (χ0) is 12.3. The molecule has 2 nitrogen and oxygen atoms in total. The minimum atomic E-state index is 0.986. The number of thiazole rings is 1. The number of nitrogens with zero attached hydrogens (tertiary/aromatic N) is 1. The monoisotopic (exact) mass is 246 g/mol. The quantitative estimate of drug-likeness (QED) is 0.896. The summed E-state index contributed by atoms with van der Waals surface area (Å²) in [5.74, 6) is 0. The number of hydrogen-bond acceptors (Lipinski definition) is 3. The topological polar surface area (TPSA) is 24.9 Å². The molecule has 2 aromatic rings. The molecule has 1 heterocycles. The van der Waals surface area contributed by atoms with Gasteiger partial charge in [0.2, 0.25) is 0 Å². The minimum absolute atomic E-state index is 0.986. The van der Waals surface area contributed by atoms with Gasteiger partial charge in [0.25, 0.3) is 0 Å². The van der Waals surface area contributed by atoms with Crippen molar-refractivity contribution >= 4 is 11.3 Å². The van der Waals surface area contributed by atoms with E-state index in [1.165, 1.54) is 21.7 Å². The number of hydrogen-bond donors (Lipinski definition) is 1. The summed E-state index contributed by atoms with van der Waals surface area (Å²) in [6.07, 6.45) is 1.01. The summed E-state index contributed by atoms with van der Waals surface area (Å²) in [5.41, 5.74) is 4.98. The average Bonchev–Trinajstić information content (AvgIpc) is 2.79. The zero-order valence-electron chi connectivity index (χ0n) is 10.6. The van der Waals surface area contributed by atoms with E-state index in [0.717, 1.165) is 18.7 Å². The van der Waals surface area contributed by atoms with Gasteiger partial charge in [-0.3, -0.25) is 0 Å². The molecule has 0 unspecified atom stereocenters. The fourth-order valence-electron chi connectivity index (χ4n) is 1.69. The van der Waals surface area contributed by atoms with Crippen molar-refractivity contribution in [3.05, 3.63) is 39.7 Å². The van der Waals surface area contributed by atoms with Crippen LogP contribution in [0, 0.1) is 13.8 Å². The zero-order valence-corrected chi connectivity index (χ0v) is 11.4. The van der Waals surface area contributed by atoms with Crippen LogP contribution in [0.25, 0.3) is 11.3 Å². The molecule has 0 radical (unpaired) electrons. The minimum Gasteiger partial charge on any atom is -0.319 e. The van der Waals surface area contributed by atoms with Crippen LogP contribution in [-0.2, 0) is 6.42 Å². The van der Waals surface area contributed by atoms with Crippen LogP contribution >= 0.6 is 11.3 Å². The molecule has 0 amide bonds. The van der Waals surface area contributed by atoms with E-state index >= 15 is 0 Å². The second-order valence-corrected chi connectivity index (χ2v) is 5.22. The normalized spacial score (nSPS) is 10.8. The SMILES string of the molecule is CNCCc1nc(-c2ccc(C)c(C)c2)cs1. The number of likely N-dealkylation sites (N-methyl/N-ethyl adjacent to an activating group) is 1. The van der Waals surface area contributed by atoms with Crippen molar-refractivity contribution in [3.8, 4) is 11.3 Å². The Labute approximate surface area is 107 Å². The molecule has 90 valence electrons. The molecule has 0 fully saturated rings. The predicted molar refractivity (Wildman–Crippen MR) is 74.7 cm³/mol. The van der Waals surface area contributed by atoms with Crippen LogP contribution in [0.5, 0.6) is 0 Å². The van der Waals surface area contributed by atoms with Crippen LogP contribution in [0.3, 0.4) is 0 Å². The lowest BCUT2D eigenvalue weighted by Gasteiger charge is -2.02. The van der Waals surface area contributed by atoms with E-state index in [9.17, 15) is 0 Å². The van der Waals surface area contributed by atoms with E-state index in [1.807, 2.05) is 7.05 Å². The highest BCUT2D eigenvalue weighted by molar-refractivity contribution is 7.09. The molecule has 2 rings (SSSR count). The highest BCUT2D eigenvalue weighted by Crippen LogP contribution is 2.24. The molecular weight excluding hydrogens is 228 g/mol. The van der Waals surface area contributed by atoms with Gasteiger partial charge in [0.1, 0.15) is 0 Å². The summed E-state index contributed by atoms with van der Waals surface area (Å²) >= 11 is 1.74. The first-order valence-corrected chi connectivity index (χ1v) is 6.75. The molecule has 0 aliphatic heterocycles. The first-order chi connectivity index (χ1) is 8.20. The number of aryl methyl sites for hydroxylation is 2. The van der Waals surface area contributed by atoms with Crippen LogP contribution in [-0.4, -0.2) is 18.6 Å². The van der Waals surface area contributed by atoms with Crippen LogP contribution in [0.4, 0.5) is 0 Å². The van der Waals surface area contributed by atoms with Crippen LogP contribution in [0.2, 0.25) is 0 Å². The Morgan fingerprint density at radius 2 is 2.06 bits per heavy atom. The van der Waals surface area contributed by atoms with Gasteiger partial charge in [-0.05, 0) is 38.1 Å². The molecule has 1 aromatic heterocycles. The standard InChI is InChI=1S/C14H18N2S/c1-10-4-5-12(8-11(10)2)13-9-17-14(16-13)6-7-15-3/h4-5,8-9,15H,6-7H2,1-3H3. The van der Waals surface area contributed by atoms with E-state index in [4.69, 9.17) is 0 Å². The Morgan fingerprint density at radius 3 is 2.76 bits per heavy atom. The number of benzene rings is 1. The Hall–Kier alpha value is -1.19. The van der Waals surface area contributed by atoms with Crippen LogP contribution in [0.15, 0.2) is 23.6 Å². The largest absolute Gasteiger partial charge is 0.319 e. The molecule has 0 saturated heterocycles. The Balaban J connectivity index is 2.21. The molecule has 0 saturated carbocycles. The van der Waals surface area contributed by atoms with Gasteiger partial charge in [0, 0.05) is 23.9 Å². The molecule has 3 heteroatoms. The summed E-state index contributed by atoms with van der Waals surface area (Å²) in [7, 11) is 1.97. The van der Waals surface area contributed by atoms with Gasteiger partial charge in [-0.25, -0.2) is 4.98 Å². The lowest BCUT2D eigenvalue weighted by molar-refractivity contribution is 0.788. The molecule has 1 N–H and O–H groups in total. The molecule has 0 aliphatic rings. The third kappa shape index (κ3) is 2.93. The van der Waals surface area contributed by atoms with Gasteiger partial charge >= 0.3 is 0 Å². The second kappa shape index (κ2) is 5.43. The predicted octanol–water partition coefficient (Wildman–Crippen LogP) is 3.19. The molecule has 0 spiro atoms. The van der Waals surface area contributed by atoms with Crippen molar-refractivity contribution in [2.24, 2.45) is 0 Å². The number of rotatable bonds is 4. The lowest BCUT2D eigenvalue weighted by Crippen LogP contribution is -2.09. The third-order valence-electron chi connectivity index (χ3n) is 2.94. The van der Waals surface area contributed by atoms with Crippen molar-refractivity contribution in [1.82, 2.24) is 10.3 Å². The highest BCUT2D eigenvalue weighted by Gasteiger charge is 2.05. The number of nitrogens with one attached hydrogen (secondary N) is 1. The van der Waals surface area contributed by atoms with E-state index in [2.05, 4.69) is 47.7 Å². The van der Waals surface area contributed by atoms with Crippen LogP contribution in [0.1, 0.15) is 16.1 Å². The van der Waals surface area contributed by atoms with Gasteiger partial charge in [-0.2, -0.15) is 0 Å². The van der Waals surface area contributed by atoms with Gasteiger partial charge in [0.15, 0.2) is 0 Å². The second-order valence-electron chi connectivity index (χ2n) is 4.28. The fraction of sp³-hybridized carbons (Fsp3) is 0.357. The smallest absolute Gasteiger partial charge is 0.0945 e. The fourth-order valence-corrected chi connectivity index (χ4v) is 2.50. The van der Waals surface area contributed by atoms with Gasteiger partial charge < -0.3 is 5.32 Å². The third-order valence-corrected chi connectivity index (χ3v) is 3.85.